The molecule has 0 bridgehead atoms. The van der Waals surface area contributed by atoms with Crippen LogP contribution in [0.4, 0.5) is 0 Å². The minimum absolute atomic E-state index is 0.0105. The molecule has 0 aliphatic carbocycles. The van der Waals surface area contributed by atoms with Crippen LogP contribution >= 0.6 is 0 Å². The van der Waals surface area contributed by atoms with Crippen molar-refractivity contribution < 1.29 is 14.3 Å². The molecule has 4 nitrogen and oxygen atoms in total. The number of hydrogen-bond acceptors (Lipinski definition) is 3. The lowest BCUT2D eigenvalue weighted by Crippen LogP contribution is -2.35. The van der Waals surface area contributed by atoms with E-state index >= 15 is 0 Å². The van der Waals surface area contributed by atoms with Crippen LogP contribution in [0.15, 0.2) is 24.3 Å². The molecule has 88 valence electrons. The second-order valence-corrected chi connectivity index (χ2v) is 3.56. The van der Waals surface area contributed by atoms with E-state index in [4.69, 9.17) is 9.47 Å². The molecule has 4 heteroatoms. The van der Waals surface area contributed by atoms with Gasteiger partial charge < -0.3 is 14.8 Å². The lowest BCUT2D eigenvalue weighted by molar-refractivity contribution is 0.0905. The van der Waals surface area contributed by atoms with Crippen molar-refractivity contribution in [2.45, 2.75) is 13.0 Å². The van der Waals surface area contributed by atoms with Gasteiger partial charge in [-0.3, -0.25) is 4.79 Å². The summed E-state index contributed by atoms with van der Waals surface area (Å²) in [5.41, 5.74) is 0.585. The van der Waals surface area contributed by atoms with E-state index in [0.717, 1.165) is 0 Å². The Balaban J connectivity index is 2.65. The quantitative estimate of drug-likeness (QED) is 0.822. The Morgan fingerprint density at radius 3 is 2.81 bits per heavy atom. The van der Waals surface area contributed by atoms with Crippen LogP contribution in [0, 0.1) is 0 Å². The summed E-state index contributed by atoms with van der Waals surface area (Å²) < 4.78 is 10.00. The molecular formula is C12H17NO3. The van der Waals surface area contributed by atoms with Crippen molar-refractivity contribution in [3.63, 3.8) is 0 Å². The Bertz CT molecular complexity index is 352. The molecule has 16 heavy (non-hydrogen) atoms. The fraction of sp³-hybridized carbons (Fsp3) is 0.417. The van der Waals surface area contributed by atoms with Crippen molar-refractivity contribution in [1.29, 1.82) is 0 Å². The summed E-state index contributed by atoms with van der Waals surface area (Å²) in [5.74, 6) is 0.551. The summed E-state index contributed by atoms with van der Waals surface area (Å²) in [6, 6.07) is 7.03. The van der Waals surface area contributed by atoms with Crippen molar-refractivity contribution in [3.8, 4) is 5.75 Å². The molecule has 0 aromatic heterocycles. The summed E-state index contributed by atoms with van der Waals surface area (Å²) in [7, 11) is 3.18. The Hall–Kier alpha value is -1.55. The van der Waals surface area contributed by atoms with Gasteiger partial charge in [0.25, 0.3) is 5.91 Å². The van der Waals surface area contributed by atoms with E-state index < -0.39 is 0 Å². The first-order valence-corrected chi connectivity index (χ1v) is 5.11. The number of methoxy groups -OCH3 is 2. The number of rotatable bonds is 5. The first-order valence-electron chi connectivity index (χ1n) is 5.11. The molecule has 1 rings (SSSR count). The van der Waals surface area contributed by atoms with Crippen LogP contribution in [-0.4, -0.2) is 32.8 Å². The van der Waals surface area contributed by atoms with Gasteiger partial charge in [-0.05, 0) is 25.1 Å². The maximum Gasteiger partial charge on any atom is 0.251 e. The summed E-state index contributed by atoms with van der Waals surface area (Å²) in [6.45, 7) is 2.39. The average Bonchev–Trinajstić information content (AvgIpc) is 2.29. The number of nitrogens with one attached hydrogen (secondary N) is 1. The van der Waals surface area contributed by atoms with Crippen LogP contribution in [0.2, 0.25) is 0 Å². The number of carbonyl (C=O) groups excluding carboxylic acids is 1. The third-order valence-electron chi connectivity index (χ3n) is 2.13. The topological polar surface area (TPSA) is 47.6 Å². The van der Waals surface area contributed by atoms with Crippen molar-refractivity contribution in [3.05, 3.63) is 29.8 Å². The van der Waals surface area contributed by atoms with Crippen molar-refractivity contribution >= 4 is 5.91 Å². The predicted octanol–water partition coefficient (Wildman–Crippen LogP) is 1.46. The maximum atomic E-state index is 11.8. The molecule has 1 aromatic rings. The third-order valence-corrected chi connectivity index (χ3v) is 2.13. The van der Waals surface area contributed by atoms with Gasteiger partial charge in [-0.2, -0.15) is 0 Å². The first-order chi connectivity index (χ1) is 7.67. The van der Waals surface area contributed by atoms with Crippen molar-refractivity contribution in [2.75, 3.05) is 20.8 Å². The van der Waals surface area contributed by atoms with E-state index in [9.17, 15) is 4.79 Å². The first kappa shape index (κ1) is 12.5. The molecule has 1 unspecified atom stereocenters. The van der Waals surface area contributed by atoms with Crippen LogP contribution in [0.5, 0.6) is 5.75 Å². The van der Waals surface area contributed by atoms with E-state index in [0.29, 0.717) is 17.9 Å². The van der Waals surface area contributed by atoms with E-state index in [1.165, 1.54) is 0 Å². The molecule has 0 saturated carbocycles. The largest absolute Gasteiger partial charge is 0.497 e. The lowest BCUT2D eigenvalue weighted by atomic mass is 10.2. The second-order valence-electron chi connectivity index (χ2n) is 3.56. The monoisotopic (exact) mass is 223 g/mol. The van der Waals surface area contributed by atoms with E-state index in [1.54, 1.807) is 38.5 Å². The maximum absolute atomic E-state index is 11.8. The minimum atomic E-state index is -0.122. The minimum Gasteiger partial charge on any atom is -0.497 e. The van der Waals surface area contributed by atoms with Gasteiger partial charge >= 0.3 is 0 Å². The summed E-state index contributed by atoms with van der Waals surface area (Å²) in [5, 5.41) is 2.83. The van der Waals surface area contributed by atoms with Crippen LogP contribution in [-0.2, 0) is 4.74 Å². The van der Waals surface area contributed by atoms with Gasteiger partial charge in [-0.25, -0.2) is 0 Å². The molecule has 0 aliphatic heterocycles. The number of hydrogen-bond donors (Lipinski definition) is 1. The van der Waals surface area contributed by atoms with Gasteiger partial charge in [-0.1, -0.05) is 6.07 Å². The summed E-state index contributed by atoms with van der Waals surface area (Å²) in [6.07, 6.45) is 0. The molecule has 0 fully saturated rings. The van der Waals surface area contributed by atoms with Gasteiger partial charge in [0.1, 0.15) is 5.75 Å². The molecule has 0 spiro atoms. The molecular weight excluding hydrogens is 206 g/mol. The van der Waals surface area contributed by atoms with Gasteiger partial charge in [0.15, 0.2) is 0 Å². The van der Waals surface area contributed by atoms with E-state index in [1.807, 2.05) is 6.92 Å². The molecule has 0 saturated heterocycles. The van der Waals surface area contributed by atoms with Gasteiger partial charge in [0.05, 0.1) is 13.7 Å². The highest BCUT2D eigenvalue weighted by Gasteiger charge is 2.09. The van der Waals surface area contributed by atoms with Crippen molar-refractivity contribution in [1.82, 2.24) is 5.32 Å². The molecule has 0 aliphatic rings. The normalized spacial score (nSPS) is 11.9. The van der Waals surface area contributed by atoms with Crippen molar-refractivity contribution in [2.24, 2.45) is 0 Å². The van der Waals surface area contributed by atoms with Crippen LogP contribution in [0.1, 0.15) is 17.3 Å². The van der Waals surface area contributed by atoms with Crippen LogP contribution in [0.25, 0.3) is 0 Å². The number of ether oxygens (including phenoxy) is 2. The standard InChI is InChI=1S/C12H17NO3/c1-9(8-15-2)13-12(14)10-5-4-6-11(7-10)16-3/h4-7,9H,8H2,1-3H3,(H,13,14). The van der Waals surface area contributed by atoms with Crippen LogP contribution in [0.3, 0.4) is 0 Å². The lowest BCUT2D eigenvalue weighted by Gasteiger charge is -2.12. The summed E-state index contributed by atoms with van der Waals surface area (Å²) in [4.78, 5) is 11.8. The number of benzene rings is 1. The fourth-order valence-corrected chi connectivity index (χ4v) is 1.36. The van der Waals surface area contributed by atoms with Gasteiger partial charge in [-0.15, -0.1) is 0 Å². The molecule has 1 atom stereocenters. The highest BCUT2D eigenvalue weighted by molar-refractivity contribution is 5.94. The highest BCUT2D eigenvalue weighted by Crippen LogP contribution is 2.12. The summed E-state index contributed by atoms with van der Waals surface area (Å²) >= 11 is 0. The Kier molecular flexibility index (Phi) is 4.79. The SMILES string of the molecule is COCC(C)NC(=O)c1cccc(OC)c1. The Labute approximate surface area is 95.6 Å². The molecule has 1 aromatic carbocycles. The molecule has 0 heterocycles. The zero-order valence-electron chi connectivity index (χ0n) is 9.82. The zero-order valence-corrected chi connectivity index (χ0v) is 9.82. The smallest absolute Gasteiger partial charge is 0.251 e. The highest BCUT2D eigenvalue weighted by atomic mass is 16.5. The Morgan fingerprint density at radius 2 is 2.19 bits per heavy atom. The number of amides is 1. The van der Waals surface area contributed by atoms with Crippen LogP contribution < -0.4 is 10.1 Å². The molecule has 0 radical (unpaired) electrons. The van der Waals surface area contributed by atoms with Gasteiger partial charge in [0, 0.05) is 18.7 Å². The Morgan fingerprint density at radius 1 is 1.44 bits per heavy atom. The average molecular weight is 223 g/mol. The van der Waals surface area contributed by atoms with E-state index in [2.05, 4.69) is 5.32 Å². The third kappa shape index (κ3) is 3.55. The molecule has 1 N–H and O–H groups in total. The fourth-order valence-electron chi connectivity index (χ4n) is 1.36. The van der Waals surface area contributed by atoms with Gasteiger partial charge in [0.2, 0.25) is 0 Å². The predicted molar refractivity (Wildman–Crippen MR) is 61.8 cm³/mol. The molecule has 1 amide bonds. The zero-order chi connectivity index (χ0) is 12.0. The second kappa shape index (κ2) is 6.12. The number of carbonyl (C=O) groups is 1. The van der Waals surface area contributed by atoms with E-state index in [-0.39, 0.29) is 11.9 Å².